The Hall–Kier alpha value is -2.29. The first-order chi connectivity index (χ1) is 20.1. The van der Waals surface area contributed by atoms with E-state index < -0.39 is 6.16 Å². The van der Waals surface area contributed by atoms with E-state index in [0.29, 0.717) is 12.4 Å². The molecule has 1 atom stereocenters. The summed E-state index contributed by atoms with van der Waals surface area (Å²) in [6, 6.07) is 16.5. The molecule has 0 aliphatic heterocycles. The number of aryl methyl sites for hydroxylation is 1. The predicted octanol–water partition coefficient (Wildman–Crippen LogP) is 12.5. The normalized spacial score (nSPS) is 11.9. The van der Waals surface area contributed by atoms with Crippen molar-refractivity contribution >= 4 is 6.16 Å². The van der Waals surface area contributed by atoms with Gasteiger partial charge in [0, 0.05) is 0 Å². The maximum absolute atomic E-state index is 12.1. The molecule has 230 valence electrons. The molecule has 0 radical (unpaired) electrons. The van der Waals surface area contributed by atoms with E-state index in [0.717, 1.165) is 30.7 Å². The van der Waals surface area contributed by atoms with E-state index in [4.69, 9.17) is 9.47 Å². The van der Waals surface area contributed by atoms with Gasteiger partial charge in [-0.15, -0.1) is 0 Å². The lowest BCUT2D eigenvalue weighted by Crippen LogP contribution is -2.11. The third-order valence-electron chi connectivity index (χ3n) is 8.42. The van der Waals surface area contributed by atoms with Crippen LogP contribution in [-0.2, 0) is 11.2 Å². The molecule has 1 unspecified atom stereocenters. The quantitative estimate of drug-likeness (QED) is 0.0722. The van der Waals surface area contributed by atoms with Gasteiger partial charge in [-0.05, 0) is 54.0 Å². The maximum atomic E-state index is 12.1. The second-order valence-corrected chi connectivity index (χ2v) is 12.1. The third kappa shape index (κ3) is 17.3. The molecule has 0 amide bonds. The Morgan fingerprint density at radius 3 is 1.56 bits per heavy atom. The minimum Gasteiger partial charge on any atom is -0.434 e. The molecule has 0 saturated carbocycles. The highest BCUT2D eigenvalue weighted by Crippen LogP contribution is 2.24. The van der Waals surface area contributed by atoms with Crippen molar-refractivity contribution in [2.45, 2.75) is 149 Å². The number of ether oxygens (including phenoxy) is 2. The van der Waals surface area contributed by atoms with Gasteiger partial charge in [0.2, 0.25) is 0 Å². The topological polar surface area (TPSA) is 35.5 Å². The Balaban J connectivity index is 1.46. The van der Waals surface area contributed by atoms with Crippen molar-refractivity contribution in [3.8, 4) is 16.9 Å². The fourth-order valence-corrected chi connectivity index (χ4v) is 5.37. The van der Waals surface area contributed by atoms with Gasteiger partial charge in [-0.3, -0.25) is 0 Å². The van der Waals surface area contributed by atoms with Crippen LogP contribution in [0.1, 0.15) is 148 Å². The molecule has 0 bridgehead atoms. The predicted molar refractivity (Wildman–Crippen MR) is 176 cm³/mol. The van der Waals surface area contributed by atoms with E-state index in [2.05, 4.69) is 45.0 Å². The van der Waals surface area contributed by atoms with Crippen LogP contribution >= 0.6 is 0 Å². The van der Waals surface area contributed by atoms with E-state index in [9.17, 15) is 4.79 Å². The van der Waals surface area contributed by atoms with Crippen LogP contribution in [0.4, 0.5) is 4.79 Å². The van der Waals surface area contributed by atoms with Crippen LogP contribution in [-0.4, -0.2) is 12.8 Å². The largest absolute Gasteiger partial charge is 0.513 e. The summed E-state index contributed by atoms with van der Waals surface area (Å²) in [5.41, 5.74) is 3.68. The van der Waals surface area contributed by atoms with Gasteiger partial charge >= 0.3 is 6.16 Å². The Morgan fingerprint density at radius 2 is 1.07 bits per heavy atom. The Morgan fingerprint density at radius 1 is 0.610 bits per heavy atom. The Bertz CT molecular complexity index is 887. The van der Waals surface area contributed by atoms with Crippen LogP contribution < -0.4 is 4.74 Å². The number of unbranched alkanes of at least 4 members (excludes halogenated alkanes) is 15. The summed E-state index contributed by atoms with van der Waals surface area (Å²) in [6.45, 7) is 7.31. The van der Waals surface area contributed by atoms with E-state index in [-0.39, 0.29) is 0 Å². The summed E-state index contributed by atoms with van der Waals surface area (Å²) in [5.74, 6) is 1.33. The van der Waals surface area contributed by atoms with Crippen LogP contribution in [0.5, 0.6) is 5.75 Å². The molecule has 0 aliphatic carbocycles. The summed E-state index contributed by atoms with van der Waals surface area (Å²) in [7, 11) is 0. The number of benzene rings is 2. The molecule has 2 aromatic rings. The molecule has 0 N–H and O–H groups in total. The lowest BCUT2D eigenvalue weighted by Gasteiger charge is -2.09. The highest BCUT2D eigenvalue weighted by molar-refractivity contribution is 5.67. The Labute approximate surface area is 252 Å². The highest BCUT2D eigenvalue weighted by Gasteiger charge is 2.07. The molecule has 2 rings (SSSR count). The number of carbonyl (C=O) groups excluding carboxylic acids is 1. The van der Waals surface area contributed by atoms with Crippen molar-refractivity contribution in [2.75, 3.05) is 6.61 Å². The monoisotopic (exact) mass is 564 g/mol. The number of hydrogen-bond acceptors (Lipinski definition) is 3. The molecule has 0 fully saturated rings. The van der Waals surface area contributed by atoms with E-state index >= 15 is 0 Å². The summed E-state index contributed by atoms with van der Waals surface area (Å²) < 4.78 is 10.7. The second-order valence-electron chi connectivity index (χ2n) is 12.1. The fraction of sp³-hybridized carbons (Fsp3) is 0.658. The van der Waals surface area contributed by atoms with Crippen molar-refractivity contribution in [1.82, 2.24) is 0 Å². The van der Waals surface area contributed by atoms with Crippen molar-refractivity contribution in [1.29, 1.82) is 0 Å². The van der Waals surface area contributed by atoms with Gasteiger partial charge in [0.05, 0.1) is 6.61 Å². The number of hydrogen-bond donors (Lipinski definition) is 0. The summed E-state index contributed by atoms with van der Waals surface area (Å²) in [5, 5.41) is 0. The minimum absolute atomic E-state index is 0.430. The standard InChI is InChI=1S/C38H60O3/c1-4-6-7-8-9-10-11-12-13-14-15-16-17-18-19-20-32-40-38(39)41-37-30-28-36(29-31-37)35-26-24-34(25-27-35)23-21-22-33(3)5-2/h24-31,33H,4-23,32H2,1-3H3. The van der Waals surface area contributed by atoms with Crippen LogP contribution in [0.25, 0.3) is 11.1 Å². The van der Waals surface area contributed by atoms with Crippen molar-refractivity contribution in [2.24, 2.45) is 5.92 Å². The summed E-state index contributed by atoms with van der Waals surface area (Å²) >= 11 is 0. The lowest BCUT2D eigenvalue weighted by atomic mass is 9.98. The van der Waals surface area contributed by atoms with Crippen LogP contribution in [0, 0.1) is 5.92 Å². The second kappa shape index (κ2) is 23.3. The van der Waals surface area contributed by atoms with Crippen molar-refractivity contribution in [3.05, 3.63) is 54.1 Å². The van der Waals surface area contributed by atoms with Crippen LogP contribution in [0.3, 0.4) is 0 Å². The molecule has 3 heteroatoms. The third-order valence-corrected chi connectivity index (χ3v) is 8.42. The first-order valence-electron chi connectivity index (χ1n) is 17.2. The van der Waals surface area contributed by atoms with Gasteiger partial charge in [0.15, 0.2) is 0 Å². The number of carbonyl (C=O) groups is 1. The smallest absolute Gasteiger partial charge is 0.434 e. The molecule has 3 nitrogen and oxygen atoms in total. The summed E-state index contributed by atoms with van der Waals surface area (Å²) in [4.78, 5) is 12.1. The zero-order chi connectivity index (χ0) is 29.4. The SMILES string of the molecule is CCCCCCCCCCCCCCCCCCOC(=O)Oc1ccc(-c2ccc(CCCC(C)CC)cc2)cc1. The lowest BCUT2D eigenvalue weighted by molar-refractivity contribution is 0.0973. The zero-order valence-electron chi connectivity index (χ0n) is 26.8. The zero-order valence-corrected chi connectivity index (χ0v) is 26.8. The average molecular weight is 565 g/mol. The maximum Gasteiger partial charge on any atom is 0.513 e. The first kappa shape index (κ1) is 34.9. The van der Waals surface area contributed by atoms with Gasteiger partial charge in [0.1, 0.15) is 5.75 Å². The van der Waals surface area contributed by atoms with Crippen molar-refractivity contribution in [3.63, 3.8) is 0 Å². The van der Waals surface area contributed by atoms with Gasteiger partial charge < -0.3 is 9.47 Å². The molecule has 41 heavy (non-hydrogen) atoms. The van der Waals surface area contributed by atoms with E-state index in [1.54, 1.807) is 0 Å². The van der Waals surface area contributed by atoms with Gasteiger partial charge in [-0.25, -0.2) is 4.79 Å². The fourth-order valence-electron chi connectivity index (χ4n) is 5.37. The first-order valence-corrected chi connectivity index (χ1v) is 17.2. The van der Waals surface area contributed by atoms with E-state index in [1.165, 1.54) is 120 Å². The average Bonchev–Trinajstić information content (AvgIpc) is 2.99. The molecular formula is C38H60O3. The molecule has 0 saturated heterocycles. The van der Waals surface area contributed by atoms with Crippen LogP contribution in [0.2, 0.25) is 0 Å². The van der Waals surface area contributed by atoms with Crippen molar-refractivity contribution < 1.29 is 14.3 Å². The molecule has 0 aliphatic rings. The highest BCUT2D eigenvalue weighted by atomic mass is 16.7. The molecule has 0 aromatic heterocycles. The van der Waals surface area contributed by atoms with Gasteiger partial charge in [-0.1, -0.05) is 166 Å². The summed E-state index contributed by atoms with van der Waals surface area (Å²) in [6.07, 6.45) is 25.6. The van der Waals surface area contributed by atoms with Gasteiger partial charge in [-0.2, -0.15) is 0 Å². The minimum atomic E-state index is -0.611. The molecule has 2 aromatic carbocycles. The molecular weight excluding hydrogens is 504 g/mol. The molecule has 0 spiro atoms. The van der Waals surface area contributed by atoms with Gasteiger partial charge in [0.25, 0.3) is 0 Å². The Kier molecular flexibility index (Phi) is 19.8. The van der Waals surface area contributed by atoms with Crippen LogP contribution in [0.15, 0.2) is 48.5 Å². The van der Waals surface area contributed by atoms with E-state index in [1.807, 2.05) is 24.3 Å². The molecule has 0 heterocycles. The number of rotatable bonds is 24.